The summed E-state index contributed by atoms with van der Waals surface area (Å²) in [7, 11) is 7.24. The molecular weight excluding hydrogens is 372 g/mol. The summed E-state index contributed by atoms with van der Waals surface area (Å²) >= 11 is 0. The summed E-state index contributed by atoms with van der Waals surface area (Å²) in [5.41, 5.74) is 0.608. The minimum atomic E-state index is -0.0131. The van der Waals surface area contributed by atoms with Gasteiger partial charge >= 0.3 is 6.03 Å². The van der Waals surface area contributed by atoms with Crippen molar-refractivity contribution in [3.8, 4) is 0 Å². The summed E-state index contributed by atoms with van der Waals surface area (Å²) in [6.07, 6.45) is 6.32. The fourth-order valence-corrected chi connectivity index (χ4v) is 4.27. The molecule has 3 rings (SSSR count). The van der Waals surface area contributed by atoms with Gasteiger partial charge in [0.1, 0.15) is 0 Å². The highest BCUT2D eigenvalue weighted by Gasteiger charge is 2.35. The molecule has 9 nitrogen and oxygen atoms in total. The Bertz CT molecular complexity index is 700. The lowest BCUT2D eigenvalue weighted by molar-refractivity contribution is 0.0151. The number of urea groups is 1. The van der Waals surface area contributed by atoms with Gasteiger partial charge in [-0.05, 0) is 19.3 Å². The van der Waals surface area contributed by atoms with Crippen molar-refractivity contribution in [3.63, 3.8) is 0 Å². The number of hydrogen-bond donors (Lipinski definition) is 0. The molecule has 162 valence electrons. The number of amides is 3. The molecule has 2 fully saturated rings. The van der Waals surface area contributed by atoms with Gasteiger partial charge in [0.05, 0.1) is 11.8 Å². The first kappa shape index (κ1) is 21.6. The van der Waals surface area contributed by atoms with Crippen molar-refractivity contribution in [2.75, 3.05) is 60.5 Å². The van der Waals surface area contributed by atoms with Crippen LogP contribution in [-0.4, -0.2) is 114 Å². The van der Waals surface area contributed by atoms with E-state index < -0.39 is 0 Å². The smallest absolute Gasteiger partial charge is 0.319 e. The maximum atomic E-state index is 12.7. The zero-order chi connectivity index (χ0) is 21.0. The average Bonchev–Trinajstić information content (AvgIpc) is 3.37. The van der Waals surface area contributed by atoms with Gasteiger partial charge in [0, 0.05) is 85.9 Å². The second kappa shape index (κ2) is 9.58. The van der Waals surface area contributed by atoms with E-state index in [2.05, 4.69) is 10.00 Å². The molecule has 9 heteroatoms. The zero-order valence-electron chi connectivity index (χ0n) is 18.1. The molecule has 0 N–H and O–H groups in total. The van der Waals surface area contributed by atoms with Crippen molar-refractivity contribution >= 4 is 11.9 Å². The van der Waals surface area contributed by atoms with Crippen LogP contribution in [0.4, 0.5) is 4.79 Å². The van der Waals surface area contributed by atoms with E-state index in [0.29, 0.717) is 24.2 Å². The predicted molar refractivity (Wildman–Crippen MR) is 110 cm³/mol. The lowest BCUT2D eigenvalue weighted by Gasteiger charge is -2.39. The van der Waals surface area contributed by atoms with Crippen LogP contribution >= 0.6 is 0 Å². The monoisotopic (exact) mass is 406 g/mol. The molecule has 1 aromatic rings. The number of rotatable bonds is 6. The molecule has 3 amide bonds. The highest BCUT2D eigenvalue weighted by molar-refractivity contribution is 5.93. The summed E-state index contributed by atoms with van der Waals surface area (Å²) < 4.78 is 7.20. The molecule has 0 bridgehead atoms. The number of aromatic nitrogens is 2. The molecule has 2 aliphatic rings. The van der Waals surface area contributed by atoms with E-state index in [1.165, 1.54) is 0 Å². The number of carbonyl (C=O) groups excluding carboxylic acids is 2. The van der Waals surface area contributed by atoms with Gasteiger partial charge in [0.2, 0.25) is 0 Å². The zero-order valence-corrected chi connectivity index (χ0v) is 18.1. The standard InChI is InChI=1S/C20H34N6O3/c1-22(2)20(28)25-8-5-18(15-25)26(17-6-11-29-12-7-17)10-9-23(3)19(27)16-13-21-24(4)14-16/h13-14,17-18H,5-12,15H2,1-4H3. The molecule has 0 aromatic carbocycles. The van der Waals surface area contributed by atoms with E-state index in [-0.39, 0.29) is 11.9 Å². The topological polar surface area (TPSA) is 74.2 Å². The maximum Gasteiger partial charge on any atom is 0.319 e. The first-order chi connectivity index (χ1) is 13.9. The molecule has 2 saturated heterocycles. The number of likely N-dealkylation sites (tertiary alicyclic amines) is 1. The molecule has 1 aromatic heterocycles. The highest BCUT2D eigenvalue weighted by atomic mass is 16.5. The highest BCUT2D eigenvalue weighted by Crippen LogP contribution is 2.23. The first-order valence-electron chi connectivity index (χ1n) is 10.4. The van der Waals surface area contributed by atoms with E-state index in [0.717, 1.165) is 52.1 Å². The number of nitrogens with zero attached hydrogens (tertiary/aromatic N) is 6. The van der Waals surface area contributed by atoms with Gasteiger partial charge < -0.3 is 19.4 Å². The van der Waals surface area contributed by atoms with Crippen molar-refractivity contribution in [1.82, 2.24) is 29.4 Å². The number of likely N-dealkylation sites (N-methyl/N-ethyl adjacent to an activating group) is 1. The van der Waals surface area contributed by atoms with Crippen LogP contribution in [0.3, 0.4) is 0 Å². The molecule has 1 atom stereocenters. The molecule has 3 heterocycles. The summed E-state index contributed by atoms with van der Waals surface area (Å²) in [6, 6.07) is 0.831. The largest absolute Gasteiger partial charge is 0.381 e. The van der Waals surface area contributed by atoms with Crippen LogP contribution in [0.25, 0.3) is 0 Å². The Labute approximate surface area is 173 Å². The fraction of sp³-hybridized carbons (Fsp3) is 0.750. The normalized spacial score (nSPS) is 20.3. The van der Waals surface area contributed by atoms with Gasteiger partial charge in [-0.2, -0.15) is 5.10 Å². The second-order valence-corrected chi connectivity index (χ2v) is 8.28. The summed E-state index contributed by atoms with van der Waals surface area (Å²) in [5.74, 6) is -0.0131. The van der Waals surface area contributed by atoms with Gasteiger partial charge in [-0.1, -0.05) is 0 Å². The number of carbonyl (C=O) groups is 2. The van der Waals surface area contributed by atoms with Crippen molar-refractivity contribution in [3.05, 3.63) is 18.0 Å². The SMILES string of the molecule is CN(C)C(=O)N1CCC(N(CCN(C)C(=O)c2cnn(C)c2)C2CCOCC2)C1. The predicted octanol–water partition coefficient (Wildman–Crippen LogP) is 0.729. The van der Waals surface area contributed by atoms with Crippen LogP contribution in [0.1, 0.15) is 29.6 Å². The Balaban J connectivity index is 1.63. The summed E-state index contributed by atoms with van der Waals surface area (Å²) in [5, 5.41) is 4.09. The van der Waals surface area contributed by atoms with Crippen LogP contribution < -0.4 is 0 Å². The maximum absolute atomic E-state index is 12.7. The van der Waals surface area contributed by atoms with Crippen molar-refractivity contribution in [1.29, 1.82) is 0 Å². The lowest BCUT2D eigenvalue weighted by atomic mass is 10.0. The van der Waals surface area contributed by atoms with E-state index in [1.54, 1.807) is 41.0 Å². The van der Waals surface area contributed by atoms with Crippen LogP contribution in [0.15, 0.2) is 12.4 Å². The summed E-state index contributed by atoms with van der Waals surface area (Å²) in [4.78, 5) is 32.9. The number of hydrogen-bond acceptors (Lipinski definition) is 5. The quantitative estimate of drug-likeness (QED) is 0.696. The van der Waals surface area contributed by atoms with Crippen LogP contribution in [-0.2, 0) is 11.8 Å². The van der Waals surface area contributed by atoms with Crippen LogP contribution in [0, 0.1) is 0 Å². The van der Waals surface area contributed by atoms with Gasteiger partial charge in [0.15, 0.2) is 0 Å². The Kier molecular flexibility index (Phi) is 7.13. The van der Waals surface area contributed by atoms with Crippen molar-refractivity contribution in [2.45, 2.75) is 31.3 Å². The molecular formula is C20H34N6O3. The van der Waals surface area contributed by atoms with Crippen molar-refractivity contribution in [2.24, 2.45) is 7.05 Å². The van der Waals surface area contributed by atoms with E-state index in [4.69, 9.17) is 4.74 Å². The Morgan fingerprint density at radius 2 is 1.86 bits per heavy atom. The second-order valence-electron chi connectivity index (χ2n) is 8.28. The number of ether oxygens (including phenoxy) is 1. The molecule has 0 aliphatic carbocycles. The molecule has 2 aliphatic heterocycles. The van der Waals surface area contributed by atoms with Gasteiger partial charge in [-0.25, -0.2) is 4.79 Å². The molecule has 1 unspecified atom stereocenters. The molecule has 0 saturated carbocycles. The van der Waals surface area contributed by atoms with E-state index >= 15 is 0 Å². The minimum Gasteiger partial charge on any atom is -0.381 e. The first-order valence-corrected chi connectivity index (χ1v) is 10.4. The molecule has 29 heavy (non-hydrogen) atoms. The van der Waals surface area contributed by atoms with Crippen LogP contribution in [0.2, 0.25) is 0 Å². The minimum absolute atomic E-state index is 0.0131. The third kappa shape index (κ3) is 5.27. The van der Waals surface area contributed by atoms with E-state index in [1.807, 2.05) is 19.0 Å². The third-order valence-corrected chi connectivity index (χ3v) is 5.94. The van der Waals surface area contributed by atoms with Gasteiger partial charge in [0.25, 0.3) is 5.91 Å². The number of aryl methyl sites for hydroxylation is 1. The van der Waals surface area contributed by atoms with Gasteiger partial charge in [-0.3, -0.25) is 14.4 Å². The van der Waals surface area contributed by atoms with Crippen LogP contribution in [0.5, 0.6) is 0 Å². The average molecular weight is 407 g/mol. The van der Waals surface area contributed by atoms with Crippen molar-refractivity contribution < 1.29 is 14.3 Å². The Morgan fingerprint density at radius 1 is 1.14 bits per heavy atom. The van der Waals surface area contributed by atoms with E-state index in [9.17, 15) is 9.59 Å². The Morgan fingerprint density at radius 3 is 2.48 bits per heavy atom. The lowest BCUT2D eigenvalue weighted by Crippen LogP contribution is -2.50. The van der Waals surface area contributed by atoms with Gasteiger partial charge in [-0.15, -0.1) is 0 Å². The fourth-order valence-electron chi connectivity index (χ4n) is 4.27. The molecule has 0 spiro atoms. The molecule has 0 radical (unpaired) electrons. The Hall–Kier alpha value is -2.13. The third-order valence-electron chi connectivity index (χ3n) is 5.94. The summed E-state index contributed by atoms with van der Waals surface area (Å²) in [6.45, 7) is 4.52.